The molecular formula is C15H12BrClFN3. The van der Waals surface area contributed by atoms with Crippen molar-refractivity contribution in [2.75, 3.05) is 11.4 Å². The second-order valence-corrected chi connectivity index (χ2v) is 5.97. The van der Waals surface area contributed by atoms with Gasteiger partial charge in [0, 0.05) is 4.47 Å². The number of aliphatic imine (C=N–C) groups is 1. The number of nitrogens with zero attached hydrogens (tertiary/aromatic N) is 2. The molecule has 0 saturated carbocycles. The molecule has 3 rings (SSSR count). The Bertz CT molecular complexity index is 720. The Morgan fingerprint density at radius 1 is 1.29 bits per heavy atom. The first kappa shape index (κ1) is 14.4. The van der Waals surface area contributed by atoms with Crippen molar-refractivity contribution in [3.05, 3.63) is 63.3 Å². The first-order chi connectivity index (χ1) is 10.1. The van der Waals surface area contributed by atoms with Gasteiger partial charge < -0.3 is 10.6 Å². The van der Waals surface area contributed by atoms with E-state index in [1.54, 1.807) is 12.1 Å². The lowest BCUT2D eigenvalue weighted by atomic mass is 10.1. The minimum atomic E-state index is -0.438. The number of hydrogen-bond acceptors (Lipinski definition) is 3. The zero-order valence-corrected chi connectivity index (χ0v) is 13.3. The van der Waals surface area contributed by atoms with Crippen LogP contribution in [0.2, 0.25) is 5.02 Å². The van der Waals surface area contributed by atoms with E-state index in [-0.39, 0.29) is 11.1 Å². The lowest BCUT2D eigenvalue weighted by Crippen LogP contribution is -2.36. The van der Waals surface area contributed by atoms with Crippen molar-refractivity contribution in [3.63, 3.8) is 0 Å². The van der Waals surface area contributed by atoms with Crippen LogP contribution >= 0.6 is 27.5 Å². The predicted molar refractivity (Wildman–Crippen MR) is 87.3 cm³/mol. The van der Waals surface area contributed by atoms with E-state index in [0.717, 1.165) is 15.7 Å². The molecule has 1 aliphatic heterocycles. The van der Waals surface area contributed by atoms with E-state index in [2.05, 4.69) is 20.9 Å². The van der Waals surface area contributed by atoms with Crippen molar-refractivity contribution in [1.82, 2.24) is 0 Å². The SMILES string of the molecule is NC1=NCC(c2ccc(Cl)c(F)c2)N1c1ccccc1Br. The molecule has 0 amide bonds. The molecule has 1 atom stereocenters. The number of hydrogen-bond donors (Lipinski definition) is 1. The number of nitrogens with two attached hydrogens (primary N) is 1. The lowest BCUT2D eigenvalue weighted by Gasteiger charge is -2.27. The molecule has 0 bridgehead atoms. The molecule has 6 heteroatoms. The topological polar surface area (TPSA) is 41.6 Å². The summed E-state index contributed by atoms with van der Waals surface area (Å²) in [6.07, 6.45) is 0. The molecule has 108 valence electrons. The summed E-state index contributed by atoms with van der Waals surface area (Å²) in [5.41, 5.74) is 7.70. The van der Waals surface area contributed by atoms with Gasteiger partial charge in [-0.1, -0.05) is 29.8 Å². The molecule has 0 radical (unpaired) electrons. The molecule has 0 fully saturated rings. The summed E-state index contributed by atoms with van der Waals surface area (Å²) < 4.78 is 14.6. The molecule has 0 aliphatic carbocycles. The Balaban J connectivity index is 2.03. The van der Waals surface area contributed by atoms with Crippen LogP contribution in [0, 0.1) is 5.82 Å². The van der Waals surface area contributed by atoms with E-state index in [9.17, 15) is 4.39 Å². The van der Waals surface area contributed by atoms with Crippen LogP contribution in [0.5, 0.6) is 0 Å². The van der Waals surface area contributed by atoms with Crippen LogP contribution in [0.4, 0.5) is 10.1 Å². The van der Waals surface area contributed by atoms with E-state index >= 15 is 0 Å². The molecular weight excluding hydrogens is 357 g/mol. The Kier molecular flexibility index (Phi) is 3.87. The van der Waals surface area contributed by atoms with Crippen molar-refractivity contribution in [2.24, 2.45) is 10.7 Å². The highest BCUT2D eigenvalue weighted by Crippen LogP contribution is 2.36. The van der Waals surface area contributed by atoms with Crippen LogP contribution in [-0.4, -0.2) is 12.5 Å². The van der Waals surface area contributed by atoms with Gasteiger partial charge in [-0.05, 0) is 45.8 Å². The van der Waals surface area contributed by atoms with Gasteiger partial charge >= 0.3 is 0 Å². The fraction of sp³-hybridized carbons (Fsp3) is 0.133. The Hall–Kier alpha value is -1.59. The first-order valence-electron chi connectivity index (χ1n) is 6.36. The molecule has 2 N–H and O–H groups in total. The summed E-state index contributed by atoms with van der Waals surface area (Å²) >= 11 is 9.26. The van der Waals surface area contributed by atoms with E-state index in [1.807, 2.05) is 29.2 Å². The minimum Gasteiger partial charge on any atom is -0.369 e. The summed E-state index contributed by atoms with van der Waals surface area (Å²) in [5, 5.41) is 0.109. The number of anilines is 1. The van der Waals surface area contributed by atoms with Crippen LogP contribution in [0.25, 0.3) is 0 Å². The highest BCUT2D eigenvalue weighted by atomic mass is 79.9. The Morgan fingerprint density at radius 2 is 2.05 bits per heavy atom. The molecule has 2 aromatic carbocycles. The maximum absolute atomic E-state index is 13.7. The fourth-order valence-electron chi connectivity index (χ4n) is 2.41. The van der Waals surface area contributed by atoms with Gasteiger partial charge in [0.15, 0.2) is 5.96 Å². The van der Waals surface area contributed by atoms with Gasteiger partial charge in [-0.2, -0.15) is 0 Å². The average Bonchev–Trinajstić information content (AvgIpc) is 2.84. The monoisotopic (exact) mass is 367 g/mol. The van der Waals surface area contributed by atoms with Gasteiger partial charge in [0.25, 0.3) is 0 Å². The lowest BCUT2D eigenvalue weighted by molar-refractivity contribution is 0.622. The molecule has 1 heterocycles. The van der Waals surface area contributed by atoms with Crippen molar-refractivity contribution >= 4 is 39.2 Å². The summed E-state index contributed by atoms with van der Waals surface area (Å²) in [4.78, 5) is 6.18. The van der Waals surface area contributed by atoms with E-state index in [1.165, 1.54) is 6.07 Å². The highest BCUT2D eigenvalue weighted by molar-refractivity contribution is 9.10. The number of guanidine groups is 1. The van der Waals surface area contributed by atoms with Gasteiger partial charge in [-0.3, -0.25) is 4.99 Å². The molecule has 1 aliphatic rings. The zero-order valence-electron chi connectivity index (χ0n) is 10.9. The Morgan fingerprint density at radius 3 is 2.76 bits per heavy atom. The summed E-state index contributed by atoms with van der Waals surface area (Å²) in [7, 11) is 0. The normalized spacial score (nSPS) is 18.0. The zero-order chi connectivity index (χ0) is 15.0. The second kappa shape index (κ2) is 5.66. The van der Waals surface area contributed by atoms with Crippen LogP contribution in [0.3, 0.4) is 0 Å². The maximum Gasteiger partial charge on any atom is 0.196 e. The summed E-state index contributed by atoms with van der Waals surface area (Å²) in [6.45, 7) is 0.480. The van der Waals surface area contributed by atoms with E-state index in [4.69, 9.17) is 17.3 Å². The van der Waals surface area contributed by atoms with Crippen molar-refractivity contribution in [2.45, 2.75) is 6.04 Å². The average molecular weight is 369 g/mol. The largest absolute Gasteiger partial charge is 0.369 e. The molecule has 0 spiro atoms. The third-order valence-electron chi connectivity index (χ3n) is 3.43. The third-order valence-corrected chi connectivity index (χ3v) is 4.40. The van der Waals surface area contributed by atoms with Gasteiger partial charge in [0.2, 0.25) is 0 Å². The number of benzene rings is 2. The van der Waals surface area contributed by atoms with Gasteiger partial charge in [0.05, 0.1) is 23.3 Å². The second-order valence-electron chi connectivity index (χ2n) is 4.71. The summed E-state index contributed by atoms with van der Waals surface area (Å²) in [5.74, 6) is -0.0195. The molecule has 1 unspecified atom stereocenters. The van der Waals surface area contributed by atoms with Gasteiger partial charge in [-0.15, -0.1) is 0 Å². The number of rotatable bonds is 2. The van der Waals surface area contributed by atoms with Crippen molar-refractivity contribution in [3.8, 4) is 0 Å². The van der Waals surface area contributed by atoms with Crippen LogP contribution in [0.15, 0.2) is 51.9 Å². The third kappa shape index (κ3) is 2.63. The molecule has 2 aromatic rings. The smallest absolute Gasteiger partial charge is 0.196 e. The molecule has 0 saturated heterocycles. The minimum absolute atomic E-state index is 0.109. The Labute approximate surface area is 135 Å². The standard InChI is InChI=1S/C15H12BrClFN3/c16-10-3-1-2-4-13(10)21-14(8-20-15(21)19)9-5-6-11(17)12(18)7-9/h1-7,14H,8H2,(H2,19,20). The molecule has 0 aromatic heterocycles. The predicted octanol–water partition coefficient (Wildman–Crippen LogP) is 4.12. The van der Waals surface area contributed by atoms with Gasteiger partial charge in [-0.25, -0.2) is 4.39 Å². The first-order valence-corrected chi connectivity index (χ1v) is 7.53. The highest BCUT2D eigenvalue weighted by Gasteiger charge is 2.30. The van der Waals surface area contributed by atoms with Crippen molar-refractivity contribution < 1.29 is 4.39 Å². The quantitative estimate of drug-likeness (QED) is 0.866. The van der Waals surface area contributed by atoms with E-state index < -0.39 is 5.82 Å². The van der Waals surface area contributed by atoms with Crippen LogP contribution in [0.1, 0.15) is 11.6 Å². The van der Waals surface area contributed by atoms with Crippen molar-refractivity contribution in [1.29, 1.82) is 0 Å². The van der Waals surface area contributed by atoms with Crippen LogP contribution < -0.4 is 10.6 Å². The summed E-state index contributed by atoms with van der Waals surface area (Å²) in [6, 6.07) is 12.4. The number of para-hydroxylation sites is 1. The maximum atomic E-state index is 13.7. The number of halogens is 3. The molecule has 3 nitrogen and oxygen atoms in total. The fourth-order valence-corrected chi connectivity index (χ4v) is 3.00. The van der Waals surface area contributed by atoms with E-state index in [0.29, 0.717) is 12.5 Å². The van der Waals surface area contributed by atoms with Gasteiger partial charge in [0.1, 0.15) is 5.82 Å². The van der Waals surface area contributed by atoms with Crippen LogP contribution in [-0.2, 0) is 0 Å². The molecule has 21 heavy (non-hydrogen) atoms.